The quantitative estimate of drug-likeness (QED) is 0.122. The minimum atomic E-state index is -1.02. The lowest BCUT2D eigenvalue weighted by atomic mass is 9.89. The smallest absolute Gasteiger partial charge is 0.354 e. The van der Waals surface area contributed by atoms with E-state index in [2.05, 4.69) is 20.9 Å². The monoisotopic (exact) mass is 701 g/mol. The third kappa shape index (κ3) is 7.95. The Hall–Kier alpha value is -5.51. The molecule has 0 saturated heterocycles. The number of pyridine rings is 1. The molecule has 2 aromatic heterocycles. The predicted octanol–water partition coefficient (Wildman–Crippen LogP) is 8.68. The number of benzene rings is 4. The summed E-state index contributed by atoms with van der Waals surface area (Å²) in [5.41, 5.74) is 7.66. The first-order valence-electron chi connectivity index (χ1n) is 17.0. The van der Waals surface area contributed by atoms with Gasteiger partial charge in [0, 0.05) is 35.4 Å². The summed E-state index contributed by atoms with van der Waals surface area (Å²) in [6, 6.07) is 32.1. The number of rotatable bonds is 13. The molecule has 258 valence electrons. The SMILES string of the molecule is O=C(O)c1ccc(CCN(CCc2ccccc2OCc2ccc(-c3nc4cc(Cl)ccc4o3)cc2)C2CCCc3nc(C(=O)O)ccc32)cc1. The lowest BCUT2D eigenvalue weighted by Gasteiger charge is -2.36. The van der Waals surface area contributed by atoms with Crippen molar-refractivity contribution in [2.75, 3.05) is 13.1 Å². The van der Waals surface area contributed by atoms with Crippen molar-refractivity contribution in [3.05, 3.63) is 147 Å². The van der Waals surface area contributed by atoms with E-state index in [0.717, 1.165) is 84.5 Å². The molecule has 10 heteroatoms. The van der Waals surface area contributed by atoms with E-state index in [1.54, 1.807) is 30.3 Å². The van der Waals surface area contributed by atoms with Gasteiger partial charge in [0.15, 0.2) is 5.58 Å². The molecule has 0 fully saturated rings. The van der Waals surface area contributed by atoms with Gasteiger partial charge in [-0.3, -0.25) is 4.90 Å². The van der Waals surface area contributed by atoms with Crippen molar-refractivity contribution in [2.24, 2.45) is 0 Å². The molecule has 1 aliphatic carbocycles. The Morgan fingerprint density at radius 1 is 0.843 bits per heavy atom. The first-order chi connectivity index (χ1) is 24.8. The van der Waals surface area contributed by atoms with Gasteiger partial charge in [-0.15, -0.1) is 0 Å². The maximum absolute atomic E-state index is 11.6. The Morgan fingerprint density at radius 2 is 1.61 bits per heavy atom. The van der Waals surface area contributed by atoms with Gasteiger partial charge in [0.1, 0.15) is 23.6 Å². The highest BCUT2D eigenvalue weighted by Crippen LogP contribution is 2.35. The summed E-state index contributed by atoms with van der Waals surface area (Å²) in [6.45, 7) is 1.87. The summed E-state index contributed by atoms with van der Waals surface area (Å²) in [5, 5.41) is 19.5. The van der Waals surface area contributed by atoms with Crippen LogP contribution in [-0.4, -0.2) is 50.1 Å². The Balaban J connectivity index is 1.06. The number of hydrogen-bond acceptors (Lipinski definition) is 7. The molecule has 1 unspecified atom stereocenters. The normalized spacial score (nSPS) is 14.0. The molecule has 6 aromatic rings. The van der Waals surface area contributed by atoms with E-state index in [9.17, 15) is 19.8 Å². The Labute approximate surface area is 300 Å². The van der Waals surface area contributed by atoms with Gasteiger partial charge in [0.2, 0.25) is 5.89 Å². The molecule has 0 saturated carbocycles. The van der Waals surface area contributed by atoms with E-state index in [1.807, 2.05) is 66.7 Å². The van der Waals surface area contributed by atoms with Crippen LogP contribution in [0.1, 0.15) is 67.7 Å². The van der Waals surface area contributed by atoms with Crippen molar-refractivity contribution in [2.45, 2.75) is 44.8 Å². The standard InChI is InChI=1S/C41H36ClN3O6/c42-31-16-19-38-35(24-31)44-39(51-38)29-12-10-27(11-13-29)25-50-37-7-2-1-4-28(37)21-23-45(22-20-26-8-14-30(15-9-26)40(46)47)36-6-3-5-33-32(36)17-18-34(43-33)41(48)49/h1-2,4,7-19,24,36H,3,5-6,20-23,25H2,(H,46,47)(H,48,49). The number of nitrogens with zero attached hydrogens (tertiary/aromatic N) is 3. The highest BCUT2D eigenvalue weighted by Gasteiger charge is 2.28. The van der Waals surface area contributed by atoms with Gasteiger partial charge >= 0.3 is 11.9 Å². The van der Waals surface area contributed by atoms with Crippen LogP contribution in [0.25, 0.3) is 22.6 Å². The van der Waals surface area contributed by atoms with Crippen LogP contribution in [0, 0.1) is 0 Å². The molecular weight excluding hydrogens is 666 g/mol. The van der Waals surface area contributed by atoms with Gasteiger partial charge in [-0.2, -0.15) is 0 Å². The number of oxazole rings is 1. The molecule has 0 bridgehead atoms. The minimum Gasteiger partial charge on any atom is -0.489 e. The molecule has 0 radical (unpaired) electrons. The molecule has 2 N–H and O–H groups in total. The number of aryl methyl sites for hydroxylation is 1. The Morgan fingerprint density at radius 3 is 2.39 bits per heavy atom. The van der Waals surface area contributed by atoms with Crippen LogP contribution in [-0.2, 0) is 25.9 Å². The van der Waals surface area contributed by atoms with Crippen molar-refractivity contribution in [3.8, 4) is 17.2 Å². The van der Waals surface area contributed by atoms with Crippen LogP contribution in [0.2, 0.25) is 5.02 Å². The highest BCUT2D eigenvalue weighted by molar-refractivity contribution is 6.31. The number of aromatic carboxylic acids is 2. The largest absolute Gasteiger partial charge is 0.489 e. The summed E-state index contributed by atoms with van der Waals surface area (Å²) in [5.74, 6) is -0.619. The fourth-order valence-corrected chi connectivity index (χ4v) is 6.85. The van der Waals surface area contributed by atoms with E-state index in [4.69, 9.17) is 20.8 Å². The number of carboxylic acid groups (broad SMARTS) is 2. The lowest BCUT2D eigenvalue weighted by Crippen LogP contribution is -2.35. The number of fused-ring (bicyclic) bond motifs is 2. The zero-order valence-corrected chi connectivity index (χ0v) is 28.6. The van der Waals surface area contributed by atoms with E-state index in [0.29, 0.717) is 28.6 Å². The van der Waals surface area contributed by atoms with Crippen LogP contribution in [0.4, 0.5) is 0 Å². The molecule has 7 rings (SSSR count). The number of ether oxygens (including phenoxy) is 1. The number of carbonyl (C=O) groups is 2. The fraction of sp³-hybridized carbons (Fsp3) is 0.220. The zero-order chi connectivity index (χ0) is 35.3. The fourth-order valence-electron chi connectivity index (χ4n) is 6.69. The molecular formula is C41H36ClN3O6. The Bertz CT molecular complexity index is 2180. The molecule has 51 heavy (non-hydrogen) atoms. The van der Waals surface area contributed by atoms with Crippen molar-refractivity contribution in [3.63, 3.8) is 0 Å². The topological polar surface area (TPSA) is 126 Å². The van der Waals surface area contributed by atoms with Crippen molar-refractivity contribution < 1.29 is 29.0 Å². The lowest BCUT2D eigenvalue weighted by molar-refractivity contribution is 0.0682. The van der Waals surface area contributed by atoms with Crippen molar-refractivity contribution in [1.29, 1.82) is 0 Å². The van der Waals surface area contributed by atoms with Gasteiger partial charge in [-0.1, -0.05) is 60.1 Å². The molecule has 2 heterocycles. The van der Waals surface area contributed by atoms with Gasteiger partial charge < -0.3 is 19.4 Å². The summed E-state index contributed by atoms with van der Waals surface area (Å²) in [4.78, 5) is 34.5. The third-order valence-corrected chi connectivity index (χ3v) is 9.63. The second-order valence-electron chi connectivity index (χ2n) is 12.7. The Kier molecular flexibility index (Phi) is 10.1. The molecule has 9 nitrogen and oxygen atoms in total. The predicted molar refractivity (Wildman–Crippen MR) is 194 cm³/mol. The van der Waals surface area contributed by atoms with Crippen LogP contribution >= 0.6 is 11.6 Å². The average molecular weight is 702 g/mol. The summed E-state index contributed by atoms with van der Waals surface area (Å²) >= 11 is 6.11. The van der Waals surface area contributed by atoms with E-state index in [1.165, 1.54) is 0 Å². The van der Waals surface area contributed by atoms with Gasteiger partial charge in [0.25, 0.3) is 0 Å². The number of halogens is 1. The van der Waals surface area contributed by atoms with Crippen LogP contribution < -0.4 is 4.74 Å². The van der Waals surface area contributed by atoms with Gasteiger partial charge in [-0.05, 0) is 109 Å². The number of para-hydroxylation sites is 1. The average Bonchev–Trinajstić information content (AvgIpc) is 3.57. The molecule has 4 aromatic carbocycles. The molecule has 0 spiro atoms. The first-order valence-corrected chi connectivity index (χ1v) is 17.3. The van der Waals surface area contributed by atoms with Crippen molar-refractivity contribution >= 4 is 34.6 Å². The molecule has 1 atom stereocenters. The summed E-state index contributed by atoms with van der Waals surface area (Å²) in [7, 11) is 0. The van der Waals surface area contributed by atoms with E-state index < -0.39 is 11.9 Å². The van der Waals surface area contributed by atoms with E-state index >= 15 is 0 Å². The first kappa shape index (κ1) is 34.0. The minimum absolute atomic E-state index is 0.0664. The maximum Gasteiger partial charge on any atom is 0.354 e. The van der Waals surface area contributed by atoms with Gasteiger partial charge in [-0.25, -0.2) is 19.6 Å². The maximum atomic E-state index is 11.6. The van der Waals surface area contributed by atoms with Crippen LogP contribution in [0.5, 0.6) is 5.75 Å². The second-order valence-corrected chi connectivity index (χ2v) is 13.1. The number of carboxylic acids is 2. The van der Waals surface area contributed by atoms with E-state index in [-0.39, 0.29) is 17.3 Å². The van der Waals surface area contributed by atoms with Crippen LogP contribution in [0.3, 0.4) is 0 Å². The molecule has 1 aliphatic rings. The highest BCUT2D eigenvalue weighted by atomic mass is 35.5. The zero-order valence-electron chi connectivity index (χ0n) is 27.8. The van der Waals surface area contributed by atoms with Gasteiger partial charge in [0.05, 0.1) is 5.56 Å². The third-order valence-electron chi connectivity index (χ3n) is 9.39. The summed E-state index contributed by atoms with van der Waals surface area (Å²) < 4.78 is 12.3. The molecule has 0 aliphatic heterocycles. The second kappa shape index (κ2) is 15.2. The molecule has 0 amide bonds. The van der Waals surface area contributed by atoms with Crippen molar-refractivity contribution in [1.82, 2.24) is 14.9 Å². The van der Waals surface area contributed by atoms with Crippen LogP contribution in [0.15, 0.2) is 108 Å². The number of aromatic nitrogens is 2. The number of hydrogen-bond donors (Lipinski definition) is 2. The summed E-state index contributed by atoms with van der Waals surface area (Å²) in [6.07, 6.45) is 4.07.